The maximum absolute atomic E-state index is 12.0. The predicted octanol–water partition coefficient (Wildman–Crippen LogP) is 1.91. The van der Waals surface area contributed by atoms with Gasteiger partial charge in [-0.15, -0.1) is 0 Å². The Bertz CT molecular complexity index is 605. The van der Waals surface area contributed by atoms with E-state index in [0.29, 0.717) is 5.69 Å². The lowest BCUT2D eigenvalue weighted by atomic mass is 10.3. The number of ether oxygens (including phenoxy) is 1. The van der Waals surface area contributed by atoms with Gasteiger partial charge in [0.25, 0.3) is 5.91 Å². The number of carbonyl (C=O) groups excluding carboxylic acids is 1. The summed E-state index contributed by atoms with van der Waals surface area (Å²) in [6.07, 6.45) is 2.58. The molecule has 6 nitrogen and oxygen atoms in total. The van der Waals surface area contributed by atoms with Crippen LogP contribution < -0.4 is 15.8 Å². The molecule has 0 unspecified atom stereocenters. The highest BCUT2D eigenvalue weighted by Gasteiger charge is 2.09. The molecule has 20 heavy (non-hydrogen) atoms. The fourth-order valence-electron chi connectivity index (χ4n) is 1.41. The zero-order valence-corrected chi connectivity index (χ0v) is 10.1. The van der Waals surface area contributed by atoms with Gasteiger partial charge in [0.05, 0.1) is 12.4 Å². The Kier molecular flexibility index (Phi) is 4.04. The van der Waals surface area contributed by atoms with Gasteiger partial charge in [-0.05, 0) is 24.3 Å². The molecular weight excluding hydrogens is 270 g/mol. The molecular formula is C12H10F2N4O2. The molecule has 3 N–H and O–H groups in total. The number of nitrogens with two attached hydrogens (primary N) is 1. The first kappa shape index (κ1) is 13.7. The van der Waals surface area contributed by atoms with E-state index in [2.05, 4.69) is 20.0 Å². The first-order valence-corrected chi connectivity index (χ1v) is 5.48. The van der Waals surface area contributed by atoms with Gasteiger partial charge in [-0.25, -0.2) is 4.98 Å². The third kappa shape index (κ3) is 3.61. The number of rotatable bonds is 4. The summed E-state index contributed by atoms with van der Waals surface area (Å²) in [6, 6.07) is 5.48. The highest BCUT2D eigenvalue weighted by molar-refractivity contribution is 6.02. The van der Waals surface area contributed by atoms with E-state index < -0.39 is 12.5 Å². The van der Waals surface area contributed by atoms with Crippen molar-refractivity contribution in [2.24, 2.45) is 0 Å². The smallest absolute Gasteiger partial charge is 0.387 e. The Labute approximate surface area is 112 Å². The van der Waals surface area contributed by atoms with Gasteiger partial charge in [-0.1, -0.05) is 0 Å². The molecule has 0 radical (unpaired) electrons. The fourth-order valence-corrected chi connectivity index (χ4v) is 1.41. The molecule has 1 amide bonds. The molecule has 2 rings (SSSR count). The molecule has 1 heterocycles. The van der Waals surface area contributed by atoms with Crippen molar-refractivity contribution in [3.8, 4) is 5.75 Å². The van der Waals surface area contributed by atoms with E-state index in [1.54, 1.807) is 0 Å². The normalized spacial score (nSPS) is 10.3. The molecule has 8 heteroatoms. The Morgan fingerprint density at radius 2 is 1.95 bits per heavy atom. The van der Waals surface area contributed by atoms with Crippen molar-refractivity contribution in [1.82, 2.24) is 9.97 Å². The van der Waals surface area contributed by atoms with Gasteiger partial charge in [-0.2, -0.15) is 8.78 Å². The number of amides is 1. The van der Waals surface area contributed by atoms with Crippen molar-refractivity contribution in [1.29, 1.82) is 0 Å². The number of anilines is 2. The third-order valence-electron chi connectivity index (χ3n) is 2.22. The molecule has 0 aliphatic rings. The number of carbonyl (C=O) groups is 1. The van der Waals surface area contributed by atoms with Crippen LogP contribution in [0.5, 0.6) is 5.75 Å². The highest BCUT2D eigenvalue weighted by atomic mass is 19.3. The van der Waals surface area contributed by atoms with E-state index in [9.17, 15) is 13.6 Å². The second-order valence-corrected chi connectivity index (χ2v) is 3.69. The summed E-state index contributed by atoms with van der Waals surface area (Å²) in [5.74, 6) is -0.382. The van der Waals surface area contributed by atoms with E-state index in [0.717, 1.165) is 0 Å². The first-order valence-electron chi connectivity index (χ1n) is 5.48. The summed E-state index contributed by atoms with van der Waals surface area (Å²) >= 11 is 0. The minimum atomic E-state index is -2.89. The summed E-state index contributed by atoms with van der Waals surface area (Å²) in [5.41, 5.74) is 5.87. The second-order valence-electron chi connectivity index (χ2n) is 3.69. The van der Waals surface area contributed by atoms with Crippen molar-refractivity contribution in [2.45, 2.75) is 6.61 Å². The fraction of sp³-hybridized carbons (Fsp3) is 0.0833. The van der Waals surface area contributed by atoms with Crippen molar-refractivity contribution in [3.63, 3.8) is 0 Å². The van der Waals surface area contributed by atoms with Gasteiger partial charge in [0.15, 0.2) is 0 Å². The van der Waals surface area contributed by atoms with E-state index in [1.807, 2.05) is 0 Å². The lowest BCUT2D eigenvalue weighted by molar-refractivity contribution is -0.0498. The van der Waals surface area contributed by atoms with Crippen LogP contribution in [0.1, 0.15) is 10.5 Å². The predicted molar refractivity (Wildman–Crippen MR) is 67.5 cm³/mol. The maximum Gasteiger partial charge on any atom is 0.387 e. The van der Waals surface area contributed by atoms with Gasteiger partial charge in [0, 0.05) is 5.69 Å². The molecule has 1 aromatic heterocycles. The van der Waals surface area contributed by atoms with Crippen LogP contribution in [-0.4, -0.2) is 22.5 Å². The molecule has 0 aliphatic carbocycles. The standard InChI is InChI=1S/C12H10F2N4O2/c13-12(14)20-8-3-1-7(2-4-8)17-11(19)9-5-16-6-10(15)18-9/h1-6,12H,(H2,15,18)(H,17,19). The van der Waals surface area contributed by atoms with Gasteiger partial charge in [0.1, 0.15) is 17.3 Å². The number of hydrogen-bond donors (Lipinski definition) is 2. The van der Waals surface area contributed by atoms with Gasteiger partial charge in [0.2, 0.25) is 0 Å². The largest absolute Gasteiger partial charge is 0.435 e. The monoisotopic (exact) mass is 280 g/mol. The number of alkyl halides is 2. The Balaban J connectivity index is 2.04. The SMILES string of the molecule is Nc1cncc(C(=O)Nc2ccc(OC(F)F)cc2)n1. The lowest BCUT2D eigenvalue weighted by Crippen LogP contribution is -2.14. The number of aromatic nitrogens is 2. The number of nitrogen functional groups attached to an aromatic ring is 1. The van der Waals surface area contributed by atoms with Gasteiger partial charge >= 0.3 is 6.61 Å². The lowest BCUT2D eigenvalue weighted by Gasteiger charge is -2.07. The molecule has 0 spiro atoms. The van der Waals surface area contributed by atoms with Crippen LogP contribution >= 0.6 is 0 Å². The minimum Gasteiger partial charge on any atom is -0.435 e. The summed E-state index contributed by atoms with van der Waals surface area (Å²) in [5, 5.41) is 2.53. The Morgan fingerprint density at radius 3 is 2.55 bits per heavy atom. The Morgan fingerprint density at radius 1 is 1.25 bits per heavy atom. The number of hydrogen-bond acceptors (Lipinski definition) is 5. The average molecular weight is 280 g/mol. The van der Waals surface area contributed by atoms with Crippen LogP contribution in [0.4, 0.5) is 20.3 Å². The molecule has 104 valence electrons. The summed E-state index contributed by atoms with van der Waals surface area (Å²) in [6.45, 7) is -2.89. The Hall–Kier alpha value is -2.77. The molecule has 0 fully saturated rings. The molecule has 0 aliphatic heterocycles. The quantitative estimate of drug-likeness (QED) is 0.892. The average Bonchev–Trinajstić information content (AvgIpc) is 2.40. The molecule has 0 saturated heterocycles. The van der Waals surface area contributed by atoms with E-state index in [4.69, 9.17) is 5.73 Å². The van der Waals surface area contributed by atoms with Crippen LogP contribution in [0.3, 0.4) is 0 Å². The van der Waals surface area contributed by atoms with Crippen LogP contribution in [0, 0.1) is 0 Å². The van der Waals surface area contributed by atoms with Crippen molar-refractivity contribution < 1.29 is 18.3 Å². The molecule has 0 saturated carbocycles. The highest BCUT2D eigenvalue weighted by Crippen LogP contribution is 2.18. The van der Waals surface area contributed by atoms with Gasteiger partial charge in [-0.3, -0.25) is 9.78 Å². The molecule has 1 aromatic carbocycles. The summed E-state index contributed by atoms with van der Waals surface area (Å²) in [7, 11) is 0. The van der Waals surface area contributed by atoms with Gasteiger partial charge < -0.3 is 15.8 Å². The zero-order chi connectivity index (χ0) is 14.5. The van der Waals surface area contributed by atoms with Crippen molar-refractivity contribution >= 4 is 17.4 Å². The van der Waals surface area contributed by atoms with Crippen molar-refractivity contribution in [2.75, 3.05) is 11.1 Å². The van der Waals surface area contributed by atoms with Crippen LogP contribution in [0.15, 0.2) is 36.7 Å². The number of nitrogens with zero attached hydrogens (tertiary/aromatic N) is 2. The van der Waals surface area contributed by atoms with Crippen LogP contribution in [0.25, 0.3) is 0 Å². The molecule has 2 aromatic rings. The zero-order valence-electron chi connectivity index (χ0n) is 10.1. The second kappa shape index (κ2) is 5.91. The summed E-state index contributed by atoms with van der Waals surface area (Å²) < 4.78 is 28.1. The third-order valence-corrected chi connectivity index (χ3v) is 2.22. The van der Waals surface area contributed by atoms with E-state index in [1.165, 1.54) is 36.7 Å². The van der Waals surface area contributed by atoms with E-state index >= 15 is 0 Å². The summed E-state index contributed by atoms with van der Waals surface area (Å²) in [4.78, 5) is 19.4. The molecule has 0 atom stereocenters. The minimum absolute atomic E-state index is 0.00162. The first-order chi connectivity index (χ1) is 9.54. The number of halogens is 2. The number of benzene rings is 1. The van der Waals surface area contributed by atoms with Crippen LogP contribution in [-0.2, 0) is 0 Å². The van der Waals surface area contributed by atoms with E-state index in [-0.39, 0.29) is 17.3 Å². The number of nitrogens with one attached hydrogen (secondary N) is 1. The van der Waals surface area contributed by atoms with Crippen molar-refractivity contribution in [3.05, 3.63) is 42.4 Å². The molecule has 0 bridgehead atoms. The van der Waals surface area contributed by atoms with Crippen LogP contribution in [0.2, 0.25) is 0 Å². The topological polar surface area (TPSA) is 90.1 Å². The maximum atomic E-state index is 12.0.